The molecule has 2 N–H and O–H groups in total. The van der Waals surface area contributed by atoms with Gasteiger partial charge in [-0.05, 0) is 24.6 Å². The van der Waals surface area contributed by atoms with Gasteiger partial charge in [-0.2, -0.15) is 0 Å². The summed E-state index contributed by atoms with van der Waals surface area (Å²) in [6, 6.07) is 8.98. The standard InChI is InChI=1S/C13H15N3OS/c14-11-5-6-13(17)16(10-11)8-3-9-18-12-4-1-2-7-15-12/h1-2,4-7,10H,3,8-9,14H2. The number of aromatic nitrogens is 2. The third kappa shape index (κ3) is 3.63. The molecule has 2 aromatic heterocycles. The SMILES string of the molecule is Nc1ccc(=O)n(CCCSc2ccccn2)c1. The van der Waals surface area contributed by atoms with Gasteiger partial charge in [0.1, 0.15) is 0 Å². The van der Waals surface area contributed by atoms with Gasteiger partial charge < -0.3 is 10.3 Å². The molecule has 5 heteroatoms. The fraction of sp³-hybridized carbons (Fsp3) is 0.231. The largest absolute Gasteiger partial charge is 0.398 e. The number of hydrogen-bond donors (Lipinski definition) is 1. The second-order valence-electron chi connectivity index (χ2n) is 3.86. The molecule has 2 aromatic rings. The van der Waals surface area contributed by atoms with Crippen molar-refractivity contribution in [1.29, 1.82) is 0 Å². The molecular formula is C13H15N3OS. The number of thioether (sulfide) groups is 1. The van der Waals surface area contributed by atoms with E-state index in [1.807, 2.05) is 18.2 Å². The molecule has 4 nitrogen and oxygen atoms in total. The highest BCUT2D eigenvalue weighted by Crippen LogP contribution is 2.15. The summed E-state index contributed by atoms with van der Waals surface area (Å²) >= 11 is 1.69. The van der Waals surface area contributed by atoms with Crippen molar-refractivity contribution >= 4 is 17.4 Å². The van der Waals surface area contributed by atoms with Crippen LogP contribution in [0.3, 0.4) is 0 Å². The third-order valence-corrected chi connectivity index (χ3v) is 3.47. The zero-order valence-electron chi connectivity index (χ0n) is 9.95. The number of pyridine rings is 2. The van der Waals surface area contributed by atoms with E-state index in [0.29, 0.717) is 12.2 Å². The van der Waals surface area contributed by atoms with Gasteiger partial charge in [-0.3, -0.25) is 4.79 Å². The van der Waals surface area contributed by atoms with Crippen molar-refractivity contribution in [3.63, 3.8) is 0 Å². The molecule has 0 saturated carbocycles. The highest BCUT2D eigenvalue weighted by molar-refractivity contribution is 7.99. The van der Waals surface area contributed by atoms with Gasteiger partial charge in [0, 0.05) is 36.4 Å². The van der Waals surface area contributed by atoms with Crippen LogP contribution in [0.25, 0.3) is 0 Å². The maximum atomic E-state index is 11.5. The molecule has 0 amide bonds. The van der Waals surface area contributed by atoms with Gasteiger partial charge in [0.05, 0.1) is 5.03 Å². The molecule has 0 unspecified atom stereocenters. The molecule has 0 aliphatic heterocycles. The smallest absolute Gasteiger partial charge is 0.250 e. The number of hydrogen-bond acceptors (Lipinski definition) is 4. The fourth-order valence-electron chi connectivity index (χ4n) is 1.57. The number of rotatable bonds is 5. The van der Waals surface area contributed by atoms with Gasteiger partial charge in [0.2, 0.25) is 0 Å². The van der Waals surface area contributed by atoms with Crippen LogP contribution < -0.4 is 11.3 Å². The normalized spacial score (nSPS) is 10.4. The number of nitrogens with zero attached hydrogens (tertiary/aromatic N) is 2. The van der Waals surface area contributed by atoms with E-state index in [2.05, 4.69) is 4.98 Å². The van der Waals surface area contributed by atoms with E-state index in [1.54, 1.807) is 34.8 Å². The average molecular weight is 261 g/mol. The Morgan fingerprint density at radius 1 is 1.28 bits per heavy atom. The van der Waals surface area contributed by atoms with Gasteiger partial charge in [0.15, 0.2) is 0 Å². The molecule has 0 aliphatic rings. The molecule has 2 heterocycles. The lowest BCUT2D eigenvalue weighted by Gasteiger charge is -2.05. The minimum Gasteiger partial charge on any atom is -0.398 e. The highest BCUT2D eigenvalue weighted by Gasteiger charge is 1.98. The van der Waals surface area contributed by atoms with Crippen LogP contribution in [0.2, 0.25) is 0 Å². The summed E-state index contributed by atoms with van der Waals surface area (Å²) in [5.41, 5.74) is 6.26. The average Bonchev–Trinajstić information content (AvgIpc) is 2.40. The lowest BCUT2D eigenvalue weighted by Crippen LogP contribution is -2.19. The van der Waals surface area contributed by atoms with Crippen molar-refractivity contribution in [3.8, 4) is 0 Å². The summed E-state index contributed by atoms with van der Waals surface area (Å²) in [6.45, 7) is 0.684. The van der Waals surface area contributed by atoms with Gasteiger partial charge in [-0.1, -0.05) is 6.07 Å². The highest BCUT2D eigenvalue weighted by atomic mass is 32.2. The molecule has 0 spiro atoms. The minimum absolute atomic E-state index is 0.00737. The van der Waals surface area contributed by atoms with Gasteiger partial charge in [-0.25, -0.2) is 4.98 Å². The third-order valence-electron chi connectivity index (χ3n) is 2.44. The molecule has 0 radical (unpaired) electrons. The van der Waals surface area contributed by atoms with Crippen LogP contribution in [0.4, 0.5) is 5.69 Å². The number of nitrogen functional groups attached to an aromatic ring is 1. The second kappa shape index (κ2) is 6.26. The fourth-order valence-corrected chi connectivity index (χ4v) is 2.36. The van der Waals surface area contributed by atoms with Crippen LogP contribution in [-0.2, 0) is 6.54 Å². The Balaban J connectivity index is 1.82. The zero-order valence-corrected chi connectivity index (χ0v) is 10.8. The molecule has 0 bridgehead atoms. The van der Waals surface area contributed by atoms with E-state index in [-0.39, 0.29) is 5.56 Å². The van der Waals surface area contributed by atoms with Crippen LogP contribution in [0.1, 0.15) is 6.42 Å². The topological polar surface area (TPSA) is 60.9 Å². The van der Waals surface area contributed by atoms with E-state index >= 15 is 0 Å². The Morgan fingerprint density at radius 2 is 2.17 bits per heavy atom. The van der Waals surface area contributed by atoms with Crippen molar-refractivity contribution in [2.75, 3.05) is 11.5 Å². The van der Waals surface area contributed by atoms with E-state index in [1.165, 1.54) is 6.07 Å². The Morgan fingerprint density at radius 3 is 2.94 bits per heavy atom. The van der Waals surface area contributed by atoms with E-state index < -0.39 is 0 Å². The first-order valence-electron chi connectivity index (χ1n) is 5.75. The minimum atomic E-state index is -0.00737. The summed E-state index contributed by atoms with van der Waals surface area (Å²) in [6.07, 6.45) is 4.38. The maximum Gasteiger partial charge on any atom is 0.250 e. The van der Waals surface area contributed by atoms with Crippen molar-refractivity contribution < 1.29 is 0 Å². The summed E-state index contributed by atoms with van der Waals surface area (Å²) in [4.78, 5) is 15.8. The molecule has 0 atom stereocenters. The number of aryl methyl sites for hydroxylation is 1. The summed E-state index contributed by atoms with van der Waals surface area (Å²) in [5, 5.41) is 1.01. The molecule has 0 fully saturated rings. The molecule has 2 rings (SSSR count). The van der Waals surface area contributed by atoms with Crippen LogP contribution in [0, 0.1) is 0 Å². The van der Waals surface area contributed by atoms with Crippen molar-refractivity contribution in [3.05, 3.63) is 53.1 Å². The maximum absolute atomic E-state index is 11.5. The van der Waals surface area contributed by atoms with E-state index in [0.717, 1.165) is 17.2 Å². The van der Waals surface area contributed by atoms with E-state index in [9.17, 15) is 4.79 Å². The van der Waals surface area contributed by atoms with E-state index in [4.69, 9.17) is 5.73 Å². The molecular weight excluding hydrogens is 246 g/mol. The first-order valence-corrected chi connectivity index (χ1v) is 6.74. The van der Waals surface area contributed by atoms with Crippen molar-refractivity contribution in [2.45, 2.75) is 18.0 Å². The van der Waals surface area contributed by atoms with Gasteiger partial charge in [0.25, 0.3) is 5.56 Å². The predicted octanol–water partition coefficient (Wildman–Crippen LogP) is 2.01. The zero-order chi connectivity index (χ0) is 12.8. The summed E-state index contributed by atoms with van der Waals surface area (Å²) < 4.78 is 1.65. The van der Waals surface area contributed by atoms with Crippen molar-refractivity contribution in [2.24, 2.45) is 0 Å². The second-order valence-corrected chi connectivity index (χ2v) is 4.98. The molecule has 0 saturated heterocycles. The van der Waals surface area contributed by atoms with Gasteiger partial charge >= 0.3 is 0 Å². The van der Waals surface area contributed by atoms with Crippen LogP contribution in [0.15, 0.2) is 52.5 Å². The lowest BCUT2D eigenvalue weighted by molar-refractivity contribution is 0.660. The monoisotopic (exact) mass is 261 g/mol. The quantitative estimate of drug-likeness (QED) is 0.660. The lowest BCUT2D eigenvalue weighted by atomic mass is 10.4. The molecule has 94 valence electrons. The first-order chi connectivity index (χ1) is 8.75. The predicted molar refractivity (Wildman–Crippen MR) is 74.7 cm³/mol. The van der Waals surface area contributed by atoms with Crippen molar-refractivity contribution in [1.82, 2.24) is 9.55 Å². The Hall–Kier alpha value is -1.75. The summed E-state index contributed by atoms with van der Waals surface area (Å²) in [5.74, 6) is 0.929. The Bertz CT molecular complexity index is 554. The first kappa shape index (κ1) is 12.7. The van der Waals surface area contributed by atoms with Crippen LogP contribution in [0.5, 0.6) is 0 Å². The van der Waals surface area contributed by atoms with Gasteiger partial charge in [-0.15, -0.1) is 11.8 Å². The summed E-state index contributed by atoms with van der Waals surface area (Å²) in [7, 11) is 0. The number of nitrogens with two attached hydrogens (primary N) is 1. The molecule has 0 aromatic carbocycles. The van der Waals surface area contributed by atoms with Crippen LogP contribution >= 0.6 is 11.8 Å². The number of anilines is 1. The molecule has 0 aliphatic carbocycles. The van der Waals surface area contributed by atoms with Crippen LogP contribution in [-0.4, -0.2) is 15.3 Å². The Labute approximate surface area is 110 Å². The Kier molecular flexibility index (Phi) is 4.41. The molecule has 18 heavy (non-hydrogen) atoms.